The van der Waals surface area contributed by atoms with E-state index in [0.717, 1.165) is 29.1 Å². The maximum absolute atomic E-state index is 12.6. The van der Waals surface area contributed by atoms with Crippen LogP contribution in [0, 0.1) is 0 Å². The Kier molecular flexibility index (Phi) is 4.30. The SMILES string of the molecule is COC(=O)C(C)(C)c1ccc(C(=O)Nc2cn3c4c(ccc3n2)OCC4)cc1. The Morgan fingerprint density at radius 1 is 1.18 bits per heavy atom. The van der Waals surface area contributed by atoms with Crippen molar-refractivity contribution in [1.29, 1.82) is 0 Å². The van der Waals surface area contributed by atoms with Crippen LogP contribution in [-0.2, 0) is 21.4 Å². The molecule has 0 fully saturated rings. The zero-order chi connectivity index (χ0) is 19.9. The zero-order valence-corrected chi connectivity index (χ0v) is 16.0. The summed E-state index contributed by atoms with van der Waals surface area (Å²) in [6.07, 6.45) is 2.61. The summed E-state index contributed by atoms with van der Waals surface area (Å²) in [7, 11) is 1.36. The summed E-state index contributed by atoms with van der Waals surface area (Å²) in [5.74, 6) is 0.737. The molecule has 3 aromatic rings. The fourth-order valence-electron chi connectivity index (χ4n) is 3.39. The molecule has 1 aliphatic rings. The minimum Gasteiger partial charge on any atom is -0.491 e. The number of imidazole rings is 1. The number of anilines is 1. The van der Waals surface area contributed by atoms with Gasteiger partial charge in [0.2, 0.25) is 0 Å². The Balaban J connectivity index is 1.54. The number of nitrogens with zero attached hydrogens (tertiary/aromatic N) is 2. The smallest absolute Gasteiger partial charge is 0.315 e. The molecule has 0 saturated heterocycles. The van der Waals surface area contributed by atoms with Crippen molar-refractivity contribution in [2.45, 2.75) is 25.7 Å². The van der Waals surface area contributed by atoms with E-state index < -0.39 is 5.41 Å². The lowest BCUT2D eigenvalue weighted by Crippen LogP contribution is -2.30. The third-order valence-electron chi connectivity index (χ3n) is 5.09. The summed E-state index contributed by atoms with van der Waals surface area (Å²) in [5.41, 5.74) is 2.29. The molecule has 4 rings (SSSR count). The first kappa shape index (κ1) is 18.0. The number of aromatic nitrogens is 2. The van der Waals surface area contributed by atoms with Crippen LogP contribution in [0.2, 0.25) is 0 Å². The van der Waals surface area contributed by atoms with Gasteiger partial charge in [0.25, 0.3) is 5.91 Å². The van der Waals surface area contributed by atoms with Crippen LogP contribution >= 0.6 is 0 Å². The van der Waals surface area contributed by atoms with Crippen molar-refractivity contribution in [3.63, 3.8) is 0 Å². The lowest BCUT2D eigenvalue weighted by atomic mass is 9.84. The highest BCUT2D eigenvalue weighted by Gasteiger charge is 2.30. The van der Waals surface area contributed by atoms with Crippen molar-refractivity contribution in [3.05, 3.63) is 59.4 Å². The van der Waals surface area contributed by atoms with Gasteiger partial charge >= 0.3 is 5.97 Å². The van der Waals surface area contributed by atoms with E-state index in [9.17, 15) is 9.59 Å². The number of amides is 1. The monoisotopic (exact) mass is 379 g/mol. The quantitative estimate of drug-likeness (QED) is 0.705. The number of hydrogen-bond acceptors (Lipinski definition) is 5. The first-order valence-electron chi connectivity index (χ1n) is 9.04. The summed E-state index contributed by atoms with van der Waals surface area (Å²) in [4.78, 5) is 29.0. The molecule has 28 heavy (non-hydrogen) atoms. The summed E-state index contributed by atoms with van der Waals surface area (Å²) >= 11 is 0. The van der Waals surface area contributed by atoms with Crippen molar-refractivity contribution < 1.29 is 19.1 Å². The van der Waals surface area contributed by atoms with E-state index in [4.69, 9.17) is 9.47 Å². The molecule has 1 N–H and O–H groups in total. The van der Waals surface area contributed by atoms with Gasteiger partial charge in [0.05, 0.1) is 31.0 Å². The molecule has 0 unspecified atom stereocenters. The standard InChI is InChI=1S/C21H21N3O4/c1-21(2,20(26)27-3)14-6-4-13(5-7-14)19(25)23-17-12-24-15-10-11-28-16(15)8-9-18(24)22-17/h4-9,12H,10-11H2,1-3H3,(H,23,25). The molecule has 0 radical (unpaired) electrons. The van der Waals surface area contributed by atoms with Gasteiger partial charge in [-0.3, -0.25) is 14.0 Å². The predicted octanol–water partition coefficient (Wildman–Crippen LogP) is 2.97. The number of carbonyl (C=O) groups excluding carboxylic acids is 2. The van der Waals surface area contributed by atoms with Crippen LogP contribution in [0.3, 0.4) is 0 Å². The van der Waals surface area contributed by atoms with Crippen molar-refractivity contribution >= 4 is 23.3 Å². The van der Waals surface area contributed by atoms with Gasteiger partial charge in [-0.25, -0.2) is 4.98 Å². The molecule has 0 aliphatic carbocycles. The molecule has 3 heterocycles. The number of ether oxygens (including phenoxy) is 2. The molecule has 7 heteroatoms. The first-order chi connectivity index (χ1) is 13.4. The minimum absolute atomic E-state index is 0.265. The molecule has 0 atom stereocenters. The molecule has 0 bridgehead atoms. The second-order valence-electron chi connectivity index (χ2n) is 7.25. The number of rotatable bonds is 4. The van der Waals surface area contributed by atoms with Gasteiger partial charge in [0.1, 0.15) is 11.4 Å². The Morgan fingerprint density at radius 3 is 2.64 bits per heavy atom. The second kappa shape index (κ2) is 6.67. The van der Waals surface area contributed by atoms with Crippen LogP contribution in [0.15, 0.2) is 42.6 Å². The molecular formula is C21H21N3O4. The largest absolute Gasteiger partial charge is 0.491 e. The fourth-order valence-corrected chi connectivity index (χ4v) is 3.39. The third kappa shape index (κ3) is 2.98. The van der Waals surface area contributed by atoms with E-state index in [1.165, 1.54) is 7.11 Å². The normalized spacial score (nSPS) is 13.1. The number of esters is 1. The number of methoxy groups -OCH3 is 1. The van der Waals surface area contributed by atoms with Crippen LogP contribution in [0.4, 0.5) is 5.82 Å². The summed E-state index contributed by atoms with van der Waals surface area (Å²) in [6.45, 7) is 4.22. The van der Waals surface area contributed by atoms with Gasteiger partial charge in [-0.2, -0.15) is 0 Å². The number of hydrogen-bond donors (Lipinski definition) is 1. The van der Waals surface area contributed by atoms with E-state index in [-0.39, 0.29) is 11.9 Å². The lowest BCUT2D eigenvalue weighted by molar-refractivity contribution is -0.146. The number of pyridine rings is 1. The number of fused-ring (bicyclic) bond motifs is 3. The van der Waals surface area contributed by atoms with E-state index >= 15 is 0 Å². The first-order valence-corrected chi connectivity index (χ1v) is 9.04. The van der Waals surface area contributed by atoms with E-state index in [1.807, 2.05) is 16.5 Å². The molecule has 1 aromatic carbocycles. The fraction of sp³-hybridized carbons (Fsp3) is 0.286. The van der Waals surface area contributed by atoms with Crippen molar-refractivity contribution in [2.75, 3.05) is 19.0 Å². The molecule has 144 valence electrons. The highest BCUT2D eigenvalue weighted by molar-refractivity contribution is 6.04. The maximum atomic E-state index is 12.6. The van der Waals surface area contributed by atoms with Crippen LogP contribution in [-0.4, -0.2) is 35.0 Å². The van der Waals surface area contributed by atoms with Crippen molar-refractivity contribution in [3.8, 4) is 5.75 Å². The highest BCUT2D eigenvalue weighted by atomic mass is 16.5. The summed E-state index contributed by atoms with van der Waals surface area (Å²) in [5, 5.41) is 2.83. The number of nitrogens with one attached hydrogen (secondary N) is 1. The van der Waals surface area contributed by atoms with Crippen LogP contribution in [0.25, 0.3) is 5.65 Å². The molecule has 1 amide bonds. The van der Waals surface area contributed by atoms with Gasteiger partial charge in [-0.05, 0) is 43.7 Å². The van der Waals surface area contributed by atoms with E-state index in [1.54, 1.807) is 44.3 Å². The molecule has 2 aromatic heterocycles. The summed E-state index contributed by atoms with van der Waals surface area (Å²) in [6, 6.07) is 10.7. The van der Waals surface area contributed by atoms with Crippen LogP contribution in [0.5, 0.6) is 5.75 Å². The molecule has 0 spiro atoms. The number of benzene rings is 1. The van der Waals surface area contributed by atoms with E-state index in [0.29, 0.717) is 18.0 Å². The average Bonchev–Trinajstić information content (AvgIpc) is 3.33. The Labute approximate surface area is 162 Å². The predicted molar refractivity (Wildman–Crippen MR) is 104 cm³/mol. The van der Waals surface area contributed by atoms with Crippen LogP contribution < -0.4 is 10.1 Å². The van der Waals surface area contributed by atoms with Gasteiger partial charge in [-0.1, -0.05) is 12.1 Å². The van der Waals surface area contributed by atoms with Crippen molar-refractivity contribution in [1.82, 2.24) is 9.38 Å². The van der Waals surface area contributed by atoms with Crippen LogP contribution in [0.1, 0.15) is 35.5 Å². The lowest BCUT2D eigenvalue weighted by Gasteiger charge is -2.22. The average molecular weight is 379 g/mol. The topological polar surface area (TPSA) is 81.9 Å². The Morgan fingerprint density at radius 2 is 1.93 bits per heavy atom. The second-order valence-corrected chi connectivity index (χ2v) is 7.25. The zero-order valence-electron chi connectivity index (χ0n) is 16.0. The van der Waals surface area contributed by atoms with Gasteiger partial charge in [0, 0.05) is 12.0 Å². The maximum Gasteiger partial charge on any atom is 0.315 e. The molecule has 7 nitrogen and oxygen atoms in total. The summed E-state index contributed by atoms with van der Waals surface area (Å²) < 4.78 is 12.4. The highest BCUT2D eigenvalue weighted by Crippen LogP contribution is 2.28. The van der Waals surface area contributed by atoms with Crippen molar-refractivity contribution in [2.24, 2.45) is 0 Å². The minimum atomic E-state index is -0.784. The Bertz CT molecular complexity index is 1070. The van der Waals surface area contributed by atoms with Gasteiger partial charge < -0.3 is 14.8 Å². The van der Waals surface area contributed by atoms with E-state index in [2.05, 4.69) is 10.3 Å². The molecule has 0 saturated carbocycles. The molecule has 1 aliphatic heterocycles. The van der Waals surface area contributed by atoms with Gasteiger partial charge in [-0.15, -0.1) is 0 Å². The van der Waals surface area contributed by atoms with Gasteiger partial charge in [0.15, 0.2) is 5.82 Å². The number of carbonyl (C=O) groups is 2. The Hall–Kier alpha value is -3.35. The molecular weight excluding hydrogens is 358 g/mol. The third-order valence-corrected chi connectivity index (χ3v) is 5.09.